The van der Waals surface area contributed by atoms with Gasteiger partial charge in [0.05, 0.1) is 12.7 Å². The van der Waals surface area contributed by atoms with Crippen molar-refractivity contribution in [2.45, 2.75) is 37.9 Å². The second kappa shape index (κ2) is 4.20. The van der Waals surface area contributed by atoms with E-state index in [1.165, 1.54) is 0 Å². The first-order chi connectivity index (χ1) is 6.40. The first-order valence-electron chi connectivity index (χ1n) is 5.08. The molecule has 2 aliphatic heterocycles. The van der Waals surface area contributed by atoms with E-state index in [2.05, 4.69) is 0 Å². The van der Waals surface area contributed by atoms with Crippen LogP contribution in [0.4, 0.5) is 0 Å². The van der Waals surface area contributed by atoms with Crippen LogP contribution in [-0.2, 0) is 14.3 Å². The Bertz CT molecular complexity index is 175. The molecular weight excluding hydrogens is 168 g/mol. The average molecular weight is 184 g/mol. The number of ether oxygens (including phenoxy) is 2. The van der Waals surface area contributed by atoms with Crippen LogP contribution in [0.5, 0.6) is 0 Å². The van der Waals surface area contributed by atoms with Crippen LogP contribution in [0.15, 0.2) is 0 Å². The van der Waals surface area contributed by atoms with Crippen LogP contribution in [0.25, 0.3) is 0 Å². The predicted octanol–water partition coefficient (Wildman–Crippen LogP) is 1.16. The maximum Gasteiger partial charge on any atom is 0.148 e. The molecule has 3 unspecified atom stereocenters. The fourth-order valence-corrected chi connectivity index (χ4v) is 2.17. The number of hydrogen-bond donors (Lipinski definition) is 0. The molecule has 0 aromatic carbocycles. The second-order valence-corrected chi connectivity index (χ2v) is 3.90. The van der Waals surface area contributed by atoms with Crippen LogP contribution >= 0.6 is 0 Å². The summed E-state index contributed by atoms with van der Waals surface area (Å²) in [4.78, 5) is 10.6. The lowest BCUT2D eigenvalue weighted by molar-refractivity contribution is -0.130. The first-order valence-corrected chi connectivity index (χ1v) is 5.08. The smallest absolute Gasteiger partial charge is 0.148 e. The van der Waals surface area contributed by atoms with E-state index in [1.807, 2.05) is 0 Å². The standard InChI is InChI=1S/C10H16O3/c11-6-9-2-1-3-10(13-9)8-4-5-12-7-8/h6,8-10H,1-5,7H2. The number of hydrogen-bond acceptors (Lipinski definition) is 3. The zero-order valence-electron chi connectivity index (χ0n) is 7.78. The Labute approximate surface area is 78.4 Å². The summed E-state index contributed by atoms with van der Waals surface area (Å²) < 4.78 is 11.0. The molecule has 2 saturated heterocycles. The third-order valence-electron chi connectivity index (χ3n) is 2.97. The zero-order chi connectivity index (χ0) is 9.10. The number of carbonyl (C=O) groups is 1. The molecule has 0 bridgehead atoms. The summed E-state index contributed by atoms with van der Waals surface area (Å²) in [5.74, 6) is 0.530. The Hall–Kier alpha value is -0.410. The highest BCUT2D eigenvalue weighted by molar-refractivity contribution is 5.56. The maximum absolute atomic E-state index is 10.6. The van der Waals surface area contributed by atoms with E-state index in [1.54, 1.807) is 0 Å². The molecule has 0 aliphatic carbocycles. The van der Waals surface area contributed by atoms with Gasteiger partial charge >= 0.3 is 0 Å². The van der Waals surface area contributed by atoms with E-state index in [9.17, 15) is 4.79 Å². The van der Waals surface area contributed by atoms with E-state index in [0.29, 0.717) is 5.92 Å². The molecule has 13 heavy (non-hydrogen) atoms. The fraction of sp³-hybridized carbons (Fsp3) is 0.900. The summed E-state index contributed by atoms with van der Waals surface area (Å²) >= 11 is 0. The van der Waals surface area contributed by atoms with Crippen LogP contribution < -0.4 is 0 Å². The molecule has 2 fully saturated rings. The normalized spacial score (nSPS) is 40.5. The maximum atomic E-state index is 10.6. The molecule has 2 rings (SSSR count). The van der Waals surface area contributed by atoms with Crippen molar-refractivity contribution >= 4 is 6.29 Å². The van der Waals surface area contributed by atoms with Gasteiger partial charge in [0, 0.05) is 12.5 Å². The summed E-state index contributed by atoms with van der Waals surface area (Å²) in [5, 5.41) is 0. The molecule has 2 heterocycles. The molecule has 0 amide bonds. The molecule has 2 aliphatic rings. The van der Waals surface area contributed by atoms with Crippen LogP contribution in [0, 0.1) is 5.92 Å². The Morgan fingerprint density at radius 1 is 1.23 bits per heavy atom. The summed E-state index contributed by atoms with van der Waals surface area (Å²) in [6.45, 7) is 1.67. The van der Waals surface area contributed by atoms with E-state index in [4.69, 9.17) is 9.47 Å². The molecule has 0 aromatic rings. The van der Waals surface area contributed by atoms with Gasteiger partial charge in [-0.25, -0.2) is 0 Å². The minimum Gasteiger partial charge on any atom is -0.381 e. The zero-order valence-corrected chi connectivity index (χ0v) is 7.78. The van der Waals surface area contributed by atoms with Crippen molar-refractivity contribution in [2.75, 3.05) is 13.2 Å². The largest absolute Gasteiger partial charge is 0.381 e. The Morgan fingerprint density at radius 2 is 2.15 bits per heavy atom. The van der Waals surface area contributed by atoms with Gasteiger partial charge in [-0.05, 0) is 25.7 Å². The van der Waals surface area contributed by atoms with Gasteiger partial charge in [0.2, 0.25) is 0 Å². The second-order valence-electron chi connectivity index (χ2n) is 3.90. The van der Waals surface area contributed by atoms with Crippen molar-refractivity contribution in [3.05, 3.63) is 0 Å². The molecule has 0 N–H and O–H groups in total. The molecule has 0 aromatic heterocycles. The molecule has 3 atom stereocenters. The monoisotopic (exact) mass is 184 g/mol. The average Bonchev–Trinajstić information content (AvgIpc) is 2.71. The molecule has 3 heteroatoms. The van der Waals surface area contributed by atoms with E-state index < -0.39 is 0 Å². The lowest BCUT2D eigenvalue weighted by Crippen LogP contribution is -2.34. The van der Waals surface area contributed by atoms with Crippen molar-refractivity contribution in [3.8, 4) is 0 Å². The van der Waals surface area contributed by atoms with Crippen LogP contribution in [0.3, 0.4) is 0 Å². The first kappa shape index (κ1) is 9.16. The Morgan fingerprint density at radius 3 is 2.85 bits per heavy atom. The highest BCUT2D eigenvalue weighted by Crippen LogP contribution is 2.28. The van der Waals surface area contributed by atoms with Gasteiger partial charge in [0.15, 0.2) is 0 Å². The lowest BCUT2D eigenvalue weighted by atomic mass is 9.93. The number of rotatable bonds is 2. The van der Waals surface area contributed by atoms with E-state index >= 15 is 0 Å². The van der Waals surface area contributed by atoms with Crippen LogP contribution in [0.1, 0.15) is 25.7 Å². The predicted molar refractivity (Wildman–Crippen MR) is 47.5 cm³/mol. The van der Waals surface area contributed by atoms with Crippen molar-refractivity contribution in [1.82, 2.24) is 0 Å². The summed E-state index contributed by atoms with van der Waals surface area (Å²) in [5.41, 5.74) is 0. The number of carbonyl (C=O) groups excluding carboxylic acids is 1. The third kappa shape index (κ3) is 2.09. The van der Waals surface area contributed by atoms with Crippen molar-refractivity contribution < 1.29 is 14.3 Å². The van der Waals surface area contributed by atoms with Gasteiger partial charge in [0.1, 0.15) is 12.4 Å². The quantitative estimate of drug-likeness (QED) is 0.604. The minimum atomic E-state index is -0.153. The molecule has 0 spiro atoms. The summed E-state index contributed by atoms with van der Waals surface area (Å²) in [6, 6.07) is 0. The van der Waals surface area contributed by atoms with Gasteiger partial charge in [0.25, 0.3) is 0 Å². The minimum absolute atomic E-state index is 0.153. The van der Waals surface area contributed by atoms with Gasteiger partial charge in [-0.2, -0.15) is 0 Å². The SMILES string of the molecule is O=CC1CCCC(C2CCOC2)O1. The lowest BCUT2D eigenvalue weighted by Gasteiger charge is -2.30. The number of aldehydes is 1. The van der Waals surface area contributed by atoms with Crippen molar-refractivity contribution in [2.24, 2.45) is 5.92 Å². The highest BCUT2D eigenvalue weighted by Gasteiger charge is 2.31. The van der Waals surface area contributed by atoms with E-state index in [-0.39, 0.29) is 12.2 Å². The van der Waals surface area contributed by atoms with Gasteiger partial charge in [-0.15, -0.1) is 0 Å². The Kier molecular flexibility index (Phi) is 2.96. The van der Waals surface area contributed by atoms with Crippen LogP contribution in [-0.4, -0.2) is 31.7 Å². The van der Waals surface area contributed by atoms with Crippen LogP contribution in [0.2, 0.25) is 0 Å². The topological polar surface area (TPSA) is 35.5 Å². The highest BCUT2D eigenvalue weighted by atomic mass is 16.5. The van der Waals surface area contributed by atoms with E-state index in [0.717, 1.165) is 45.2 Å². The van der Waals surface area contributed by atoms with Gasteiger partial charge < -0.3 is 14.3 Å². The summed E-state index contributed by atoms with van der Waals surface area (Å²) in [7, 11) is 0. The Balaban J connectivity index is 1.87. The molecule has 0 saturated carbocycles. The summed E-state index contributed by atoms with van der Waals surface area (Å²) in [6.07, 6.45) is 5.25. The van der Waals surface area contributed by atoms with Crippen molar-refractivity contribution in [3.63, 3.8) is 0 Å². The molecule has 0 radical (unpaired) electrons. The molecule has 74 valence electrons. The fourth-order valence-electron chi connectivity index (χ4n) is 2.17. The molecule has 3 nitrogen and oxygen atoms in total. The van der Waals surface area contributed by atoms with Crippen molar-refractivity contribution in [1.29, 1.82) is 0 Å². The van der Waals surface area contributed by atoms with Gasteiger partial charge in [-0.1, -0.05) is 0 Å². The molecular formula is C10H16O3. The van der Waals surface area contributed by atoms with Gasteiger partial charge in [-0.3, -0.25) is 0 Å². The third-order valence-corrected chi connectivity index (χ3v) is 2.97.